The smallest absolute Gasteiger partial charge is 0.305 e. The Morgan fingerprint density at radius 1 is 1.12 bits per heavy atom. The van der Waals surface area contributed by atoms with Crippen molar-refractivity contribution in [1.82, 2.24) is 9.78 Å². The van der Waals surface area contributed by atoms with Gasteiger partial charge in [0.15, 0.2) is 0 Å². The Balaban J connectivity index is 1.72. The van der Waals surface area contributed by atoms with Crippen LogP contribution < -0.4 is 4.74 Å². The number of rotatable bonds is 7. The van der Waals surface area contributed by atoms with Gasteiger partial charge in [0, 0.05) is 24.4 Å². The maximum atomic E-state index is 13.6. The van der Waals surface area contributed by atoms with E-state index in [-0.39, 0.29) is 18.4 Å². The third-order valence-electron chi connectivity index (χ3n) is 5.60. The van der Waals surface area contributed by atoms with Crippen LogP contribution in [-0.4, -0.2) is 22.9 Å². The summed E-state index contributed by atoms with van der Waals surface area (Å²) < 4.78 is 26.4. The number of carbonyl (C=O) groups excluding carboxylic acids is 1. The lowest BCUT2D eigenvalue weighted by Gasteiger charge is -2.16. The number of nitrogens with zero attached hydrogens (tertiary/aromatic N) is 2. The molecule has 32 heavy (non-hydrogen) atoms. The van der Waals surface area contributed by atoms with Crippen molar-refractivity contribution in [3.63, 3.8) is 0 Å². The predicted molar refractivity (Wildman–Crippen MR) is 122 cm³/mol. The van der Waals surface area contributed by atoms with Gasteiger partial charge in [0.05, 0.1) is 18.8 Å². The number of hydrogen-bond donors (Lipinski definition) is 0. The molecule has 0 fully saturated rings. The standard InChI is InChI=1S/C26H25FN2O3/c1-17-11-25(32-16-18-5-4-6-22(27)12-18)23(14-19(17)8-10-26(30)31-3)20-7-9-24-21(13-20)15-28-29(24)2/h4-7,9,11-15H,8,10,16H2,1-3H3. The molecule has 0 unspecified atom stereocenters. The predicted octanol–water partition coefficient (Wildman–Crippen LogP) is 5.37. The van der Waals surface area contributed by atoms with Crippen LogP contribution in [0.5, 0.6) is 5.75 Å². The van der Waals surface area contributed by atoms with Crippen LogP contribution in [0.15, 0.2) is 60.8 Å². The van der Waals surface area contributed by atoms with Gasteiger partial charge in [-0.25, -0.2) is 4.39 Å². The lowest BCUT2D eigenvalue weighted by atomic mass is 9.95. The van der Waals surface area contributed by atoms with Crippen molar-refractivity contribution in [3.05, 3.63) is 83.3 Å². The van der Waals surface area contributed by atoms with E-state index in [1.807, 2.05) is 49.1 Å². The molecule has 1 heterocycles. The van der Waals surface area contributed by atoms with Gasteiger partial charge in [-0.1, -0.05) is 18.2 Å². The van der Waals surface area contributed by atoms with Crippen LogP contribution in [0.3, 0.4) is 0 Å². The fourth-order valence-corrected chi connectivity index (χ4v) is 3.80. The summed E-state index contributed by atoms with van der Waals surface area (Å²) in [7, 11) is 3.30. The molecule has 0 saturated carbocycles. The van der Waals surface area contributed by atoms with Crippen LogP contribution in [0.2, 0.25) is 0 Å². The van der Waals surface area contributed by atoms with Crippen molar-refractivity contribution in [2.45, 2.75) is 26.4 Å². The third-order valence-corrected chi connectivity index (χ3v) is 5.60. The molecular formula is C26H25FN2O3. The van der Waals surface area contributed by atoms with Crippen molar-refractivity contribution in [1.29, 1.82) is 0 Å². The fourth-order valence-electron chi connectivity index (χ4n) is 3.80. The summed E-state index contributed by atoms with van der Waals surface area (Å²) in [5.41, 5.74) is 5.76. The van der Waals surface area contributed by atoms with Gasteiger partial charge in [-0.2, -0.15) is 5.10 Å². The van der Waals surface area contributed by atoms with Crippen LogP contribution >= 0.6 is 0 Å². The number of esters is 1. The summed E-state index contributed by atoms with van der Waals surface area (Å²) >= 11 is 0. The van der Waals surface area contributed by atoms with Gasteiger partial charge in [0.1, 0.15) is 18.2 Å². The molecule has 0 radical (unpaired) electrons. The zero-order valence-corrected chi connectivity index (χ0v) is 18.4. The second-order valence-electron chi connectivity index (χ2n) is 7.81. The summed E-state index contributed by atoms with van der Waals surface area (Å²) in [6, 6.07) is 16.6. The highest BCUT2D eigenvalue weighted by atomic mass is 19.1. The fraction of sp³-hybridized carbons (Fsp3) is 0.231. The molecule has 5 nitrogen and oxygen atoms in total. The van der Waals surface area contributed by atoms with E-state index in [0.717, 1.165) is 38.7 Å². The summed E-state index contributed by atoms with van der Waals surface area (Å²) in [6.07, 6.45) is 2.71. The Labute approximate surface area is 186 Å². The minimum Gasteiger partial charge on any atom is -0.488 e. The first kappa shape index (κ1) is 21.6. The molecule has 0 aliphatic heterocycles. The van der Waals surface area contributed by atoms with Gasteiger partial charge in [0.2, 0.25) is 0 Å². The zero-order valence-electron chi connectivity index (χ0n) is 18.4. The number of aryl methyl sites for hydroxylation is 3. The van der Waals surface area contributed by atoms with Crippen molar-refractivity contribution in [2.75, 3.05) is 7.11 Å². The van der Waals surface area contributed by atoms with Gasteiger partial charge in [0.25, 0.3) is 0 Å². The molecule has 4 aromatic rings. The zero-order chi connectivity index (χ0) is 22.7. The molecule has 0 atom stereocenters. The molecule has 1 aromatic heterocycles. The molecule has 4 rings (SSSR count). The second kappa shape index (κ2) is 9.22. The molecule has 0 spiro atoms. The molecule has 6 heteroatoms. The Morgan fingerprint density at radius 2 is 1.97 bits per heavy atom. The van der Waals surface area contributed by atoms with Gasteiger partial charge < -0.3 is 9.47 Å². The van der Waals surface area contributed by atoms with Gasteiger partial charge in [-0.05, 0) is 72.0 Å². The second-order valence-corrected chi connectivity index (χ2v) is 7.81. The Kier molecular flexibility index (Phi) is 6.21. The summed E-state index contributed by atoms with van der Waals surface area (Å²) in [5.74, 6) is 0.175. The number of carbonyl (C=O) groups is 1. The minimum absolute atomic E-state index is 0.242. The number of halogens is 1. The van der Waals surface area contributed by atoms with Crippen molar-refractivity contribution >= 4 is 16.9 Å². The highest BCUT2D eigenvalue weighted by Gasteiger charge is 2.14. The summed E-state index contributed by atoms with van der Waals surface area (Å²) in [6.45, 7) is 2.25. The van der Waals surface area contributed by atoms with Crippen LogP contribution in [-0.2, 0) is 29.6 Å². The average molecular weight is 432 g/mol. The van der Waals surface area contributed by atoms with Crippen molar-refractivity contribution in [3.8, 4) is 16.9 Å². The van der Waals surface area contributed by atoms with E-state index in [1.165, 1.54) is 19.2 Å². The van der Waals surface area contributed by atoms with E-state index in [4.69, 9.17) is 9.47 Å². The average Bonchev–Trinajstić information content (AvgIpc) is 3.16. The molecule has 0 amide bonds. The first-order valence-electron chi connectivity index (χ1n) is 10.4. The minimum atomic E-state index is -0.289. The van der Waals surface area contributed by atoms with Gasteiger partial charge >= 0.3 is 5.97 Å². The van der Waals surface area contributed by atoms with E-state index in [2.05, 4.69) is 17.2 Å². The lowest BCUT2D eigenvalue weighted by molar-refractivity contribution is -0.140. The molecule has 0 saturated heterocycles. The van der Waals surface area contributed by atoms with Crippen molar-refractivity contribution in [2.24, 2.45) is 7.05 Å². The van der Waals surface area contributed by atoms with E-state index in [0.29, 0.717) is 18.6 Å². The summed E-state index contributed by atoms with van der Waals surface area (Å²) in [5, 5.41) is 5.35. The monoisotopic (exact) mass is 432 g/mol. The Hall–Kier alpha value is -3.67. The Bertz CT molecular complexity index is 1280. The van der Waals surface area contributed by atoms with Crippen LogP contribution in [0, 0.1) is 12.7 Å². The maximum absolute atomic E-state index is 13.6. The molecule has 0 aliphatic rings. The highest BCUT2D eigenvalue weighted by Crippen LogP contribution is 2.35. The Morgan fingerprint density at radius 3 is 2.75 bits per heavy atom. The van der Waals surface area contributed by atoms with Crippen molar-refractivity contribution < 1.29 is 18.7 Å². The van der Waals surface area contributed by atoms with Crippen LogP contribution in [0.1, 0.15) is 23.1 Å². The van der Waals surface area contributed by atoms with E-state index >= 15 is 0 Å². The van der Waals surface area contributed by atoms with Crippen LogP contribution in [0.4, 0.5) is 4.39 Å². The van der Waals surface area contributed by atoms with Gasteiger partial charge in [-0.3, -0.25) is 9.48 Å². The lowest BCUT2D eigenvalue weighted by Crippen LogP contribution is -2.04. The molecule has 0 N–H and O–H groups in total. The largest absolute Gasteiger partial charge is 0.488 e. The van der Waals surface area contributed by atoms with E-state index < -0.39 is 0 Å². The normalized spacial score (nSPS) is 11.0. The molecule has 164 valence electrons. The molecule has 0 bridgehead atoms. The molecule has 0 aliphatic carbocycles. The number of ether oxygens (including phenoxy) is 2. The molecule has 3 aromatic carbocycles. The molecular weight excluding hydrogens is 407 g/mol. The van der Waals surface area contributed by atoms with Crippen LogP contribution in [0.25, 0.3) is 22.0 Å². The topological polar surface area (TPSA) is 53.3 Å². The number of hydrogen-bond acceptors (Lipinski definition) is 4. The van der Waals surface area contributed by atoms with E-state index in [9.17, 15) is 9.18 Å². The van der Waals surface area contributed by atoms with Gasteiger partial charge in [-0.15, -0.1) is 0 Å². The SMILES string of the molecule is COC(=O)CCc1cc(-c2ccc3c(cnn3C)c2)c(OCc2cccc(F)c2)cc1C. The first-order chi connectivity index (χ1) is 15.4. The number of fused-ring (bicyclic) bond motifs is 1. The number of methoxy groups -OCH3 is 1. The summed E-state index contributed by atoms with van der Waals surface area (Å²) in [4.78, 5) is 11.7. The maximum Gasteiger partial charge on any atom is 0.305 e. The third kappa shape index (κ3) is 4.64. The number of benzene rings is 3. The first-order valence-corrected chi connectivity index (χ1v) is 10.4. The van der Waals surface area contributed by atoms with E-state index in [1.54, 1.807) is 6.07 Å². The quantitative estimate of drug-likeness (QED) is 0.368. The highest BCUT2D eigenvalue weighted by molar-refractivity contribution is 5.86. The number of aromatic nitrogens is 2.